The average Bonchev–Trinajstić information content (AvgIpc) is 2.47. The summed E-state index contributed by atoms with van der Waals surface area (Å²) in [4.78, 5) is 2.74. The van der Waals surface area contributed by atoms with E-state index in [1.807, 2.05) is 19.2 Å². The summed E-state index contributed by atoms with van der Waals surface area (Å²) in [5, 5.41) is 3.31. The Labute approximate surface area is 115 Å². The molecule has 4 nitrogen and oxygen atoms in total. The molecule has 1 fully saturated rings. The molecule has 0 amide bonds. The van der Waals surface area contributed by atoms with Crippen molar-refractivity contribution < 1.29 is 8.42 Å². The first-order valence-corrected chi connectivity index (χ1v) is 8.47. The van der Waals surface area contributed by atoms with E-state index in [1.54, 1.807) is 19.1 Å². The molecule has 0 unspecified atom stereocenters. The van der Waals surface area contributed by atoms with E-state index in [-0.39, 0.29) is 5.75 Å². The van der Waals surface area contributed by atoms with E-state index in [0.717, 1.165) is 31.6 Å². The third-order valence-corrected chi connectivity index (χ3v) is 5.59. The Morgan fingerprint density at radius 1 is 1.21 bits per heavy atom. The molecule has 1 heterocycles. The minimum absolute atomic E-state index is 0.153. The van der Waals surface area contributed by atoms with Crippen molar-refractivity contribution in [1.29, 1.82) is 0 Å². The number of sulfone groups is 1. The zero-order valence-electron chi connectivity index (χ0n) is 11.6. The summed E-state index contributed by atoms with van der Waals surface area (Å²) in [6, 6.07) is 7.89. The highest BCUT2D eigenvalue weighted by molar-refractivity contribution is 7.91. The molecule has 106 valence electrons. The second-order valence-electron chi connectivity index (χ2n) is 4.95. The molecular weight excluding hydrogens is 260 g/mol. The van der Waals surface area contributed by atoms with Crippen LogP contribution in [-0.4, -0.2) is 40.3 Å². The molecular formula is C14H22N2O2S. The first-order valence-electron chi connectivity index (χ1n) is 6.82. The van der Waals surface area contributed by atoms with Gasteiger partial charge in [-0.25, -0.2) is 8.42 Å². The zero-order chi connectivity index (χ0) is 13.9. The third-order valence-electron chi connectivity index (χ3n) is 3.84. The van der Waals surface area contributed by atoms with Crippen molar-refractivity contribution in [2.24, 2.45) is 0 Å². The summed E-state index contributed by atoms with van der Waals surface area (Å²) < 4.78 is 23.5. The zero-order valence-corrected chi connectivity index (χ0v) is 12.4. The lowest BCUT2D eigenvalue weighted by atomic mass is 10.0. The Balaban J connectivity index is 2.07. The molecule has 0 aromatic heterocycles. The standard InChI is InChI=1S/C14H22N2O2S/c1-3-19(17,18)14-6-4-13(5-7-14)16-10-8-12(15-2)9-11-16/h4-7,12,15H,3,8-11H2,1-2H3. The molecule has 0 spiro atoms. The monoisotopic (exact) mass is 282 g/mol. The lowest BCUT2D eigenvalue weighted by molar-refractivity contribution is 0.442. The Bertz CT molecular complexity index is 503. The number of anilines is 1. The minimum Gasteiger partial charge on any atom is -0.371 e. The normalized spacial score (nSPS) is 17.7. The number of piperidine rings is 1. The molecule has 0 radical (unpaired) electrons. The largest absolute Gasteiger partial charge is 0.371 e. The highest BCUT2D eigenvalue weighted by Crippen LogP contribution is 2.22. The van der Waals surface area contributed by atoms with Gasteiger partial charge in [0.25, 0.3) is 0 Å². The summed E-state index contributed by atoms with van der Waals surface area (Å²) in [5.41, 5.74) is 1.12. The van der Waals surface area contributed by atoms with Gasteiger partial charge in [-0.05, 0) is 44.2 Å². The van der Waals surface area contributed by atoms with Crippen molar-refractivity contribution >= 4 is 15.5 Å². The minimum atomic E-state index is -3.09. The average molecular weight is 282 g/mol. The quantitative estimate of drug-likeness (QED) is 0.912. The second-order valence-corrected chi connectivity index (χ2v) is 7.23. The van der Waals surface area contributed by atoms with E-state index in [0.29, 0.717) is 10.9 Å². The van der Waals surface area contributed by atoms with Gasteiger partial charge in [0.05, 0.1) is 10.6 Å². The number of hydrogen-bond donors (Lipinski definition) is 1. The van der Waals surface area contributed by atoms with Crippen LogP contribution in [0.2, 0.25) is 0 Å². The highest BCUT2D eigenvalue weighted by Gasteiger charge is 2.18. The van der Waals surface area contributed by atoms with Crippen LogP contribution < -0.4 is 10.2 Å². The van der Waals surface area contributed by atoms with Crippen LogP contribution in [-0.2, 0) is 9.84 Å². The van der Waals surface area contributed by atoms with Crippen molar-refractivity contribution in [3.8, 4) is 0 Å². The number of nitrogens with one attached hydrogen (secondary N) is 1. The third kappa shape index (κ3) is 3.28. The summed E-state index contributed by atoms with van der Waals surface area (Å²) >= 11 is 0. The molecule has 1 aromatic carbocycles. The van der Waals surface area contributed by atoms with Gasteiger partial charge < -0.3 is 10.2 Å². The first-order chi connectivity index (χ1) is 9.06. The Morgan fingerprint density at radius 2 is 1.79 bits per heavy atom. The van der Waals surface area contributed by atoms with E-state index < -0.39 is 9.84 Å². The fourth-order valence-corrected chi connectivity index (χ4v) is 3.34. The topological polar surface area (TPSA) is 49.4 Å². The summed E-state index contributed by atoms with van der Waals surface area (Å²) in [7, 11) is -1.08. The molecule has 1 aliphatic rings. The predicted octanol–water partition coefficient (Wildman–Crippen LogP) is 1.67. The van der Waals surface area contributed by atoms with Crippen LogP contribution in [0.15, 0.2) is 29.2 Å². The van der Waals surface area contributed by atoms with Gasteiger partial charge in [-0.1, -0.05) is 6.92 Å². The summed E-state index contributed by atoms with van der Waals surface area (Å²) in [6.45, 7) is 3.71. The lowest BCUT2D eigenvalue weighted by Crippen LogP contribution is -2.41. The van der Waals surface area contributed by atoms with Crippen molar-refractivity contribution in [2.45, 2.75) is 30.7 Å². The maximum Gasteiger partial charge on any atom is 0.178 e. The molecule has 1 N–H and O–H groups in total. The molecule has 0 saturated carbocycles. The van der Waals surface area contributed by atoms with Crippen LogP contribution in [0.25, 0.3) is 0 Å². The van der Waals surface area contributed by atoms with Crippen LogP contribution in [0.1, 0.15) is 19.8 Å². The fraction of sp³-hybridized carbons (Fsp3) is 0.571. The smallest absolute Gasteiger partial charge is 0.178 e. The van der Waals surface area contributed by atoms with Crippen molar-refractivity contribution in [3.63, 3.8) is 0 Å². The van der Waals surface area contributed by atoms with Crippen molar-refractivity contribution in [1.82, 2.24) is 5.32 Å². The highest BCUT2D eigenvalue weighted by atomic mass is 32.2. The molecule has 2 rings (SSSR count). The Hall–Kier alpha value is -1.07. The molecule has 5 heteroatoms. The van der Waals surface area contributed by atoms with Gasteiger partial charge in [0.1, 0.15) is 0 Å². The van der Waals surface area contributed by atoms with Gasteiger partial charge in [-0.2, -0.15) is 0 Å². The number of benzene rings is 1. The van der Waals surface area contributed by atoms with Crippen LogP contribution in [0, 0.1) is 0 Å². The molecule has 19 heavy (non-hydrogen) atoms. The van der Waals surface area contributed by atoms with E-state index in [9.17, 15) is 8.42 Å². The van der Waals surface area contributed by atoms with Crippen LogP contribution in [0.3, 0.4) is 0 Å². The van der Waals surface area contributed by atoms with Gasteiger partial charge in [0.2, 0.25) is 0 Å². The number of nitrogens with zero attached hydrogens (tertiary/aromatic N) is 1. The van der Waals surface area contributed by atoms with E-state index >= 15 is 0 Å². The summed E-state index contributed by atoms with van der Waals surface area (Å²) in [5.74, 6) is 0.153. The van der Waals surface area contributed by atoms with Gasteiger partial charge in [0, 0.05) is 24.8 Å². The van der Waals surface area contributed by atoms with Gasteiger partial charge in [0.15, 0.2) is 9.84 Å². The molecule has 1 aromatic rings. The Kier molecular flexibility index (Phi) is 4.47. The fourth-order valence-electron chi connectivity index (χ4n) is 2.46. The van der Waals surface area contributed by atoms with Crippen LogP contribution in [0.5, 0.6) is 0 Å². The maximum atomic E-state index is 11.7. The van der Waals surface area contributed by atoms with Gasteiger partial charge >= 0.3 is 0 Å². The van der Waals surface area contributed by atoms with E-state index in [1.165, 1.54) is 0 Å². The molecule has 0 aliphatic carbocycles. The molecule has 0 bridgehead atoms. The molecule has 1 saturated heterocycles. The van der Waals surface area contributed by atoms with E-state index in [4.69, 9.17) is 0 Å². The van der Waals surface area contributed by atoms with Gasteiger partial charge in [-0.3, -0.25) is 0 Å². The Morgan fingerprint density at radius 3 is 2.26 bits per heavy atom. The lowest BCUT2D eigenvalue weighted by Gasteiger charge is -2.33. The first kappa shape index (κ1) is 14.3. The predicted molar refractivity (Wildman–Crippen MR) is 78.5 cm³/mol. The second kappa shape index (κ2) is 5.92. The summed E-state index contributed by atoms with van der Waals surface area (Å²) in [6.07, 6.45) is 2.26. The van der Waals surface area contributed by atoms with Crippen molar-refractivity contribution in [2.75, 3.05) is 30.8 Å². The molecule has 0 atom stereocenters. The van der Waals surface area contributed by atoms with Crippen LogP contribution >= 0.6 is 0 Å². The number of hydrogen-bond acceptors (Lipinski definition) is 4. The maximum absolute atomic E-state index is 11.7. The molecule has 1 aliphatic heterocycles. The van der Waals surface area contributed by atoms with Crippen LogP contribution in [0.4, 0.5) is 5.69 Å². The van der Waals surface area contributed by atoms with E-state index in [2.05, 4.69) is 10.2 Å². The van der Waals surface area contributed by atoms with Crippen molar-refractivity contribution in [3.05, 3.63) is 24.3 Å². The number of rotatable bonds is 4. The SMILES string of the molecule is CCS(=O)(=O)c1ccc(N2CCC(NC)CC2)cc1. The van der Waals surface area contributed by atoms with Gasteiger partial charge in [-0.15, -0.1) is 0 Å².